The van der Waals surface area contributed by atoms with Crippen molar-refractivity contribution in [3.8, 4) is 5.75 Å². The number of methoxy groups -OCH3 is 1. The van der Waals surface area contributed by atoms with E-state index in [-0.39, 0.29) is 5.78 Å². The summed E-state index contributed by atoms with van der Waals surface area (Å²) in [4.78, 5) is 12.3. The molecule has 2 N–H and O–H groups in total. The van der Waals surface area contributed by atoms with Crippen LogP contribution in [0.1, 0.15) is 15.9 Å². The predicted molar refractivity (Wildman–Crippen MR) is 75.0 cm³/mol. The Labute approximate surface area is 114 Å². The molecule has 0 amide bonds. The smallest absolute Gasteiger partial charge is 0.195 e. The van der Waals surface area contributed by atoms with Crippen molar-refractivity contribution >= 4 is 27.4 Å². The summed E-state index contributed by atoms with van der Waals surface area (Å²) >= 11 is 3.33. The molecule has 0 aromatic heterocycles. The first-order valence-corrected chi connectivity index (χ1v) is 6.15. The second-order valence-corrected chi connectivity index (χ2v) is 4.71. The molecule has 0 aliphatic heterocycles. The van der Waals surface area contributed by atoms with Gasteiger partial charge in [-0.1, -0.05) is 28.1 Å². The number of halogens is 1. The van der Waals surface area contributed by atoms with Gasteiger partial charge in [-0.15, -0.1) is 0 Å². The number of ether oxygens (including phenoxy) is 1. The van der Waals surface area contributed by atoms with Gasteiger partial charge >= 0.3 is 0 Å². The lowest BCUT2D eigenvalue weighted by molar-refractivity contribution is 0.103. The molecule has 92 valence electrons. The topological polar surface area (TPSA) is 52.3 Å². The standard InChI is InChI=1S/C14H12BrNO2/c1-18-11-4-2-3-9(7-11)14(17)12-8-10(15)5-6-13(12)16/h2-8H,16H2,1H3. The summed E-state index contributed by atoms with van der Waals surface area (Å²) in [6.45, 7) is 0. The van der Waals surface area contributed by atoms with Crippen molar-refractivity contribution < 1.29 is 9.53 Å². The summed E-state index contributed by atoms with van der Waals surface area (Å²) in [5, 5.41) is 0. The molecule has 18 heavy (non-hydrogen) atoms. The molecule has 2 rings (SSSR count). The SMILES string of the molecule is COc1cccc(C(=O)c2cc(Br)ccc2N)c1. The summed E-state index contributed by atoms with van der Waals surface area (Å²) < 4.78 is 5.92. The molecule has 0 heterocycles. The Kier molecular flexibility index (Phi) is 3.67. The van der Waals surface area contributed by atoms with Crippen molar-refractivity contribution in [1.29, 1.82) is 0 Å². The van der Waals surface area contributed by atoms with Crippen molar-refractivity contribution in [1.82, 2.24) is 0 Å². The molecule has 0 radical (unpaired) electrons. The van der Waals surface area contributed by atoms with Crippen LogP contribution >= 0.6 is 15.9 Å². The van der Waals surface area contributed by atoms with Crippen LogP contribution in [0, 0.1) is 0 Å². The van der Waals surface area contributed by atoms with Gasteiger partial charge in [-0.25, -0.2) is 0 Å². The number of nitrogen functional groups attached to an aromatic ring is 1. The zero-order chi connectivity index (χ0) is 13.1. The average molecular weight is 306 g/mol. The van der Waals surface area contributed by atoms with Gasteiger partial charge in [-0.2, -0.15) is 0 Å². The van der Waals surface area contributed by atoms with Gasteiger partial charge in [0.25, 0.3) is 0 Å². The minimum atomic E-state index is -0.118. The number of hydrogen-bond donors (Lipinski definition) is 1. The van der Waals surface area contributed by atoms with Crippen LogP contribution in [-0.2, 0) is 0 Å². The molecule has 4 heteroatoms. The Morgan fingerprint density at radius 2 is 2.00 bits per heavy atom. The molecule has 3 nitrogen and oxygen atoms in total. The number of hydrogen-bond acceptors (Lipinski definition) is 3. The maximum atomic E-state index is 12.3. The van der Waals surface area contributed by atoms with E-state index >= 15 is 0 Å². The van der Waals surface area contributed by atoms with E-state index in [2.05, 4.69) is 15.9 Å². The first-order valence-electron chi connectivity index (χ1n) is 5.35. The van der Waals surface area contributed by atoms with Crippen LogP contribution < -0.4 is 10.5 Å². The molecule has 2 aromatic carbocycles. The lowest BCUT2D eigenvalue weighted by Gasteiger charge is -2.07. The van der Waals surface area contributed by atoms with Gasteiger partial charge in [-0.3, -0.25) is 4.79 Å². The first kappa shape index (κ1) is 12.6. The van der Waals surface area contributed by atoms with Crippen LogP contribution in [0.4, 0.5) is 5.69 Å². The Hall–Kier alpha value is -1.81. The highest BCUT2D eigenvalue weighted by molar-refractivity contribution is 9.10. The zero-order valence-corrected chi connectivity index (χ0v) is 11.4. The number of benzene rings is 2. The highest BCUT2D eigenvalue weighted by Gasteiger charge is 2.13. The highest BCUT2D eigenvalue weighted by atomic mass is 79.9. The Balaban J connectivity index is 2.44. The van der Waals surface area contributed by atoms with Crippen LogP contribution in [0.25, 0.3) is 0 Å². The molecule has 2 aromatic rings. The van der Waals surface area contributed by atoms with Gasteiger partial charge < -0.3 is 10.5 Å². The van der Waals surface area contributed by atoms with Gasteiger partial charge in [0.2, 0.25) is 0 Å². The van der Waals surface area contributed by atoms with Crippen molar-refractivity contribution in [3.63, 3.8) is 0 Å². The van der Waals surface area contributed by atoms with E-state index in [9.17, 15) is 4.79 Å². The van der Waals surface area contributed by atoms with Crippen molar-refractivity contribution in [3.05, 3.63) is 58.1 Å². The lowest BCUT2D eigenvalue weighted by Crippen LogP contribution is -2.05. The third-order valence-electron chi connectivity index (χ3n) is 2.59. The Bertz CT molecular complexity index is 596. The van der Waals surface area contributed by atoms with E-state index < -0.39 is 0 Å². The molecule has 0 unspecified atom stereocenters. The molecule has 0 aliphatic carbocycles. The highest BCUT2D eigenvalue weighted by Crippen LogP contribution is 2.23. The van der Waals surface area contributed by atoms with E-state index in [1.807, 2.05) is 0 Å². The quantitative estimate of drug-likeness (QED) is 0.699. The van der Waals surface area contributed by atoms with Gasteiger partial charge in [0, 0.05) is 21.3 Å². The van der Waals surface area contributed by atoms with Crippen molar-refractivity contribution in [2.75, 3.05) is 12.8 Å². The fraction of sp³-hybridized carbons (Fsp3) is 0.0714. The van der Waals surface area contributed by atoms with E-state index in [0.29, 0.717) is 22.6 Å². The van der Waals surface area contributed by atoms with Crippen LogP contribution in [0.5, 0.6) is 5.75 Å². The van der Waals surface area contributed by atoms with Gasteiger partial charge in [0.15, 0.2) is 5.78 Å². The van der Waals surface area contributed by atoms with Crippen molar-refractivity contribution in [2.45, 2.75) is 0 Å². The zero-order valence-electron chi connectivity index (χ0n) is 9.81. The largest absolute Gasteiger partial charge is 0.497 e. The summed E-state index contributed by atoms with van der Waals surface area (Å²) in [7, 11) is 1.57. The summed E-state index contributed by atoms with van der Waals surface area (Å²) in [5.41, 5.74) is 7.33. The summed E-state index contributed by atoms with van der Waals surface area (Å²) in [5.74, 6) is 0.530. The summed E-state index contributed by atoms with van der Waals surface area (Å²) in [6, 6.07) is 12.2. The minimum absolute atomic E-state index is 0.118. The molecule has 0 fully saturated rings. The van der Waals surface area contributed by atoms with E-state index in [1.54, 1.807) is 49.6 Å². The predicted octanol–water partition coefficient (Wildman–Crippen LogP) is 3.27. The number of rotatable bonds is 3. The number of nitrogens with two attached hydrogens (primary N) is 1. The Morgan fingerprint density at radius 1 is 1.22 bits per heavy atom. The minimum Gasteiger partial charge on any atom is -0.497 e. The van der Waals surface area contributed by atoms with E-state index in [4.69, 9.17) is 10.5 Å². The number of carbonyl (C=O) groups excluding carboxylic acids is 1. The number of anilines is 1. The molecular weight excluding hydrogens is 294 g/mol. The maximum Gasteiger partial charge on any atom is 0.195 e. The third kappa shape index (κ3) is 2.54. The van der Waals surface area contributed by atoms with Gasteiger partial charge in [0.05, 0.1) is 7.11 Å². The number of ketones is 1. The molecule has 0 saturated carbocycles. The molecule has 0 spiro atoms. The fourth-order valence-corrected chi connectivity index (χ4v) is 2.01. The van der Waals surface area contributed by atoms with Crippen LogP contribution in [0.3, 0.4) is 0 Å². The maximum absolute atomic E-state index is 12.3. The second-order valence-electron chi connectivity index (χ2n) is 3.79. The van der Waals surface area contributed by atoms with Gasteiger partial charge in [-0.05, 0) is 30.3 Å². The van der Waals surface area contributed by atoms with Crippen LogP contribution in [0.15, 0.2) is 46.9 Å². The monoisotopic (exact) mass is 305 g/mol. The van der Waals surface area contributed by atoms with Crippen molar-refractivity contribution in [2.24, 2.45) is 0 Å². The second kappa shape index (κ2) is 5.23. The average Bonchev–Trinajstić information content (AvgIpc) is 2.41. The fourth-order valence-electron chi connectivity index (χ4n) is 1.64. The normalized spacial score (nSPS) is 10.1. The third-order valence-corrected chi connectivity index (χ3v) is 3.09. The molecule has 0 atom stereocenters. The molecule has 0 saturated heterocycles. The van der Waals surface area contributed by atoms with Crippen LogP contribution in [-0.4, -0.2) is 12.9 Å². The van der Waals surface area contributed by atoms with Gasteiger partial charge in [0.1, 0.15) is 5.75 Å². The Morgan fingerprint density at radius 3 is 2.72 bits per heavy atom. The van der Waals surface area contributed by atoms with Crippen LogP contribution in [0.2, 0.25) is 0 Å². The molecular formula is C14H12BrNO2. The van der Waals surface area contributed by atoms with E-state index in [0.717, 1.165) is 4.47 Å². The number of carbonyl (C=O) groups is 1. The summed E-state index contributed by atoms with van der Waals surface area (Å²) in [6.07, 6.45) is 0. The van der Waals surface area contributed by atoms with E-state index in [1.165, 1.54) is 0 Å². The molecule has 0 aliphatic rings. The molecule has 0 bridgehead atoms. The first-order chi connectivity index (χ1) is 8.61. The lowest BCUT2D eigenvalue weighted by atomic mass is 10.0.